The molecule has 0 aliphatic rings. The van der Waals surface area contributed by atoms with Crippen molar-refractivity contribution in [1.29, 1.82) is 0 Å². The van der Waals surface area contributed by atoms with Crippen LogP contribution in [0.15, 0.2) is 18.2 Å². The Bertz CT molecular complexity index is 379. The zero-order chi connectivity index (χ0) is 10.8. The summed E-state index contributed by atoms with van der Waals surface area (Å²) in [5.41, 5.74) is -0.980. The van der Waals surface area contributed by atoms with E-state index in [1.54, 1.807) is 0 Å². The number of benzene rings is 1. The summed E-state index contributed by atoms with van der Waals surface area (Å²) in [5, 5.41) is 0. The van der Waals surface area contributed by atoms with Crippen LogP contribution < -0.4 is 4.74 Å². The lowest BCUT2D eigenvalue weighted by Gasteiger charge is -2.11. The lowest BCUT2D eigenvalue weighted by molar-refractivity contribution is -0.138. The third kappa shape index (κ3) is 1.96. The van der Waals surface area contributed by atoms with E-state index in [0.29, 0.717) is 0 Å². The van der Waals surface area contributed by atoms with Crippen LogP contribution in [0.2, 0.25) is 0 Å². The van der Waals surface area contributed by atoms with Gasteiger partial charge in [0.15, 0.2) is 5.69 Å². The smallest absolute Gasteiger partial charge is 0.418 e. The van der Waals surface area contributed by atoms with E-state index >= 15 is 0 Å². The Morgan fingerprint density at radius 3 is 2.43 bits per heavy atom. The minimum absolute atomic E-state index is 0.0573. The van der Waals surface area contributed by atoms with Crippen molar-refractivity contribution in [2.24, 2.45) is 0 Å². The second-order valence-electron chi connectivity index (χ2n) is 2.49. The van der Waals surface area contributed by atoms with E-state index in [9.17, 15) is 13.2 Å². The molecule has 0 amide bonds. The molecule has 0 atom stereocenters. The van der Waals surface area contributed by atoms with Crippen LogP contribution >= 0.6 is 0 Å². The molecule has 0 heterocycles. The molecule has 14 heavy (non-hydrogen) atoms. The molecule has 74 valence electrons. The third-order valence-corrected chi connectivity index (χ3v) is 1.62. The number of alkyl halides is 3. The molecule has 0 N–H and O–H groups in total. The van der Waals surface area contributed by atoms with Crippen LogP contribution in [-0.4, -0.2) is 7.11 Å². The van der Waals surface area contributed by atoms with Gasteiger partial charge in [0.25, 0.3) is 0 Å². The quantitative estimate of drug-likeness (QED) is 0.636. The Kier molecular flexibility index (Phi) is 2.65. The van der Waals surface area contributed by atoms with Gasteiger partial charge in [-0.25, -0.2) is 4.85 Å². The zero-order valence-electron chi connectivity index (χ0n) is 7.22. The highest BCUT2D eigenvalue weighted by molar-refractivity contribution is 5.52. The molecule has 5 heteroatoms. The van der Waals surface area contributed by atoms with Crippen LogP contribution in [0.4, 0.5) is 18.9 Å². The fourth-order valence-electron chi connectivity index (χ4n) is 0.987. The van der Waals surface area contributed by atoms with E-state index in [-0.39, 0.29) is 11.4 Å². The number of hydrogen-bond acceptors (Lipinski definition) is 1. The lowest BCUT2D eigenvalue weighted by Crippen LogP contribution is -2.06. The normalized spacial score (nSPS) is 10.8. The third-order valence-electron chi connectivity index (χ3n) is 1.62. The van der Waals surface area contributed by atoms with E-state index < -0.39 is 11.7 Å². The largest absolute Gasteiger partial charge is 0.496 e. The Labute approximate surface area is 78.7 Å². The Morgan fingerprint density at radius 1 is 1.36 bits per heavy atom. The maximum atomic E-state index is 12.4. The average Bonchev–Trinajstić information content (AvgIpc) is 2.15. The highest BCUT2D eigenvalue weighted by Gasteiger charge is 2.34. The van der Waals surface area contributed by atoms with Crippen molar-refractivity contribution in [2.75, 3.05) is 7.11 Å². The van der Waals surface area contributed by atoms with Gasteiger partial charge in [-0.1, -0.05) is 6.07 Å². The summed E-state index contributed by atoms with van der Waals surface area (Å²) in [4.78, 5) is 2.91. The first-order valence-electron chi connectivity index (χ1n) is 3.61. The van der Waals surface area contributed by atoms with Crippen molar-refractivity contribution in [3.05, 3.63) is 35.2 Å². The average molecular weight is 201 g/mol. The summed E-state index contributed by atoms with van der Waals surface area (Å²) >= 11 is 0. The highest BCUT2D eigenvalue weighted by Crippen LogP contribution is 2.38. The van der Waals surface area contributed by atoms with Gasteiger partial charge >= 0.3 is 6.18 Å². The number of ether oxygens (including phenoxy) is 1. The first kappa shape index (κ1) is 10.4. The van der Waals surface area contributed by atoms with Crippen LogP contribution in [0.1, 0.15) is 5.56 Å². The Balaban J connectivity index is 3.31. The Hall–Kier alpha value is -1.70. The molecule has 0 saturated heterocycles. The van der Waals surface area contributed by atoms with Crippen molar-refractivity contribution in [1.82, 2.24) is 0 Å². The van der Waals surface area contributed by atoms with E-state index in [1.807, 2.05) is 0 Å². The maximum absolute atomic E-state index is 12.4. The van der Waals surface area contributed by atoms with E-state index in [4.69, 9.17) is 6.57 Å². The van der Waals surface area contributed by atoms with Crippen molar-refractivity contribution >= 4 is 5.69 Å². The van der Waals surface area contributed by atoms with Crippen LogP contribution in [0.3, 0.4) is 0 Å². The number of halogens is 3. The maximum Gasteiger partial charge on any atom is 0.418 e. The molecule has 0 radical (unpaired) electrons. The summed E-state index contributed by atoms with van der Waals surface area (Å²) in [6.07, 6.45) is -4.49. The van der Waals surface area contributed by atoms with Gasteiger partial charge in [0.2, 0.25) is 0 Å². The van der Waals surface area contributed by atoms with Gasteiger partial charge in [-0.05, 0) is 12.1 Å². The van der Waals surface area contributed by atoms with E-state index in [2.05, 4.69) is 9.58 Å². The molecule has 0 fully saturated rings. The molecule has 1 aromatic rings. The lowest BCUT2D eigenvalue weighted by atomic mass is 10.1. The molecule has 1 aromatic carbocycles. The molecule has 0 aromatic heterocycles. The molecular formula is C9H6F3NO. The molecule has 0 aliphatic carbocycles. The molecule has 1 rings (SSSR count). The number of hydrogen-bond donors (Lipinski definition) is 0. The minimum Gasteiger partial charge on any atom is -0.496 e. The minimum atomic E-state index is -4.49. The fourth-order valence-corrected chi connectivity index (χ4v) is 0.987. The van der Waals surface area contributed by atoms with Crippen LogP contribution in [0.25, 0.3) is 4.85 Å². The summed E-state index contributed by atoms with van der Waals surface area (Å²) in [6.45, 7) is 6.59. The van der Waals surface area contributed by atoms with Crippen LogP contribution in [-0.2, 0) is 6.18 Å². The first-order chi connectivity index (χ1) is 6.49. The van der Waals surface area contributed by atoms with Crippen LogP contribution in [0.5, 0.6) is 5.75 Å². The van der Waals surface area contributed by atoms with Gasteiger partial charge < -0.3 is 4.74 Å². The molecule has 2 nitrogen and oxygen atoms in total. The van der Waals surface area contributed by atoms with Crippen molar-refractivity contribution in [2.45, 2.75) is 6.18 Å². The monoisotopic (exact) mass is 201 g/mol. The van der Waals surface area contributed by atoms with E-state index in [1.165, 1.54) is 6.07 Å². The predicted molar refractivity (Wildman–Crippen MR) is 44.3 cm³/mol. The second kappa shape index (κ2) is 3.58. The van der Waals surface area contributed by atoms with Gasteiger partial charge in [0.05, 0.1) is 19.2 Å². The number of nitrogens with zero attached hydrogens (tertiary/aromatic N) is 1. The molecular weight excluding hydrogens is 195 g/mol. The fraction of sp³-hybridized carbons (Fsp3) is 0.222. The van der Waals surface area contributed by atoms with Crippen molar-refractivity contribution in [3.8, 4) is 5.75 Å². The van der Waals surface area contributed by atoms with Gasteiger partial charge in [-0.2, -0.15) is 13.2 Å². The molecule has 0 unspecified atom stereocenters. The predicted octanol–water partition coefficient (Wildman–Crippen LogP) is 3.26. The summed E-state index contributed by atoms with van der Waals surface area (Å²) < 4.78 is 41.7. The standard InChI is InChI=1S/C9H6F3NO/c1-13-6-3-4-8(14-2)7(5-6)9(10,11)12/h3-5H,2H3. The summed E-state index contributed by atoms with van der Waals surface area (Å²) in [7, 11) is 1.15. The second-order valence-corrected chi connectivity index (χ2v) is 2.49. The molecule has 0 bridgehead atoms. The highest BCUT2D eigenvalue weighted by atomic mass is 19.4. The molecule has 0 spiro atoms. The van der Waals surface area contributed by atoms with Gasteiger partial charge in [-0.3, -0.25) is 0 Å². The van der Waals surface area contributed by atoms with Gasteiger partial charge in [-0.15, -0.1) is 0 Å². The van der Waals surface area contributed by atoms with Gasteiger partial charge in [0.1, 0.15) is 5.75 Å². The Morgan fingerprint density at radius 2 is 2.00 bits per heavy atom. The first-order valence-corrected chi connectivity index (χ1v) is 3.61. The summed E-state index contributed by atoms with van der Waals surface area (Å²) in [6, 6.07) is 3.18. The molecule has 0 aliphatic heterocycles. The van der Waals surface area contributed by atoms with Crippen LogP contribution in [0, 0.1) is 6.57 Å². The van der Waals surface area contributed by atoms with Crippen molar-refractivity contribution in [3.63, 3.8) is 0 Å². The number of methoxy groups -OCH3 is 1. The molecule has 0 saturated carbocycles. The number of rotatable bonds is 1. The van der Waals surface area contributed by atoms with Gasteiger partial charge in [0, 0.05) is 0 Å². The van der Waals surface area contributed by atoms with Crippen molar-refractivity contribution < 1.29 is 17.9 Å². The van der Waals surface area contributed by atoms with E-state index in [0.717, 1.165) is 19.2 Å². The SMILES string of the molecule is [C-]#[N+]c1ccc(OC)c(C(F)(F)F)c1. The zero-order valence-corrected chi connectivity index (χ0v) is 7.22. The summed E-state index contributed by atoms with van der Waals surface area (Å²) in [5.74, 6) is -0.273. The topological polar surface area (TPSA) is 13.6 Å².